The van der Waals surface area contributed by atoms with Crippen LogP contribution in [0.15, 0.2) is 146 Å². The largest absolute Gasteiger partial charge is 0.462 e. The number of rotatable bonds is 42. The van der Waals surface area contributed by atoms with Crippen LogP contribution in [-0.2, 0) is 28.6 Å². The van der Waals surface area contributed by atoms with Crippen LogP contribution in [-0.4, -0.2) is 37.2 Å². The van der Waals surface area contributed by atoms with Crippen molar-refractivity contribution in [2.75, 3.05) is 13.2 Å². The van der Waals surface area contributed by atoms with E-state index in [1.165, 1.54) is 25.7 Å². The molecule has 356 valence electrons. The summed E-state index contributed by atoms with van der Waals surface area (Å²) in [4.78, 5) is 37.9. The van der Waals surface area contributed by atoms with Gasteiger partial charge in [0, 0.05) is 19.3 Å². The number of carbonyl (C=O) groups excluding carboxylic acids is 3. The smallest absolute Gasteiger partial charge is 0.306 e. The molecule has 0 fully saturated rings. The maximum atomic E-state index is 12.8. The van der Waals surface area contributed by atoms with E-state index in [4.69, 9.17) is 14.2 Å². The first-order valence-corrected chi connectivity index (χ1v) is 24.8. The number of carbonyl (C=O) groups is 3. The summed E-state index contributed by atoms with van der Waals surface area (Å²) in [6.07, 6.45) is 72.7. The van der Waals surface area contributed by atoms with Crippen molar-refractivity contribution in [3.63, 3.8) is 0 Å². The van der Waals surface area contributed by atoms with E-state index in [1.54, 1.807) is 0 Å². The fraction of sp³-hybridized carbons (Fsp3) is 0.534. The Balaban J connectivity index is 4.65. The van der Waals surface area contributed by atoms with Gasteiger partial charge in [0.2, 0.25) is 0 Å². The molecule has 6 nitrogen and oxygen atoms in total. The van der Waals surface area contributed by atoms with Crippen LogP contribution in [0.1, 0.15) is 181 Å². The zero-order valence-electron chi connectivity index (χ0n) is 40.5. The molecule has 0 radical (unpaired) electrons. The van der Waals surface area contributed by atoms with Crippen LogP contribution in [0.4, 0.5) is 0 Å². The number of ether oxygens (including phenoxy) is 3. The Kier molecular flexibility index (Phi) is 47.2. The quantitative estimate of drug-likeness (QED) is 0.0263. The van der Waals surface area contributed by atoms with Crippen molar-refractivity contribution in [3.8, 4) is 0 Å². The van der Waals surface area contributed by atoms with Gasteiger partial charge in [0.1, 0.15) is 13.2 Å². The fourth-order valence-electron chi connectivity index (χ4n) is 5.89. The van der Waals surface area contributed by atoms with Crippen LogP contribution in [0.5, 0.6) is 0 Å². The van der Waals surface area contributed by atoms with Gasteiger partial charge in [-0.1, -0.05) is 179 Å². The summed E-state index contributed by atoms with van der Waals surface area (Å²) in [6, 6.07) is 0. The minimum atomic E-state index is -0.851. The molecule has 0 heterocycles. The van der Waals surface area contributed by atoms with E-state index >= 15 is 0 Å². The first-order chi connectivity index (χ1) is 31.5. The summed E-state index contributed by atoms with van der Waals surface area (Å²) < 4.78 is 16.6. The molecule has 0 aromatic rings. The Labute approximate surface area is 391 Å². The predicted octanol–water partition coefficient (Wildman–Crippen LogP) is 16.5. The first-order valence-electron chi connectivity index (χ1n) is 24.8. The third-order valence-corrected chi connectivity index (χ3v) is 9.56. The van der Waals surface area contributed by atoms with Gasteiger partial charge in [-0.05, 0) is 128 Å². The van der Waals surface area contributed by atoms with Gasteiger partial charge < -0.3 is 14.2 Å². The summed E-state index contributed by atoms with van der Waals surface area (Å²) in [5.74, 6) is -1.11. The highest BCUT2D eigenvalue weighted by molar-refractivity contribution is 5.71. The van der Waals surface area contributed by atoms with E-state index in [0.29, 0.717) is 19.3 Å². The molecular formula is C58H88O6. The Bertz CT molecular complexity index is 1480. The average molecular weight is 881 g/mol. The van der Waals surface area contributed by atoms with Gasteiger partial charge in [-0.25, -0.2) is 0 Å². The van der Waals surface area contributed by atoms with E-state index in [1.807, 2.05) is 0 Å². The van der Waals surface area contributed by atoms with Crippen LogP contribution >= 0.6 is 0 Å². The first kappa shape index (κ1) is 59.3. The van der Waals surface area contributed by atoms with Crippen LogP contribution in [0.2, 0.25) is 0 Å². The topological polar surface area (TPSA) is 78.9 Å². The van der Waals surface area contributed by atoms with E-state index in [0.717, 1.165) is 96.3 Å². The monoisotopic (exact) mass is 881 g/mol. The molecule has 0 saturated carbocycles. The molecule has 0 saturated heterocycles. The van der Waals surface area contributed by atoms with Crippen molar-refractivity contribution in [2.24, 2.45) is 0 Å². The van der Waals surface area contributed by atoms with Gasteiger partial charge in [-0.15, -0.1) is 0 Å². The average Bonchev–Trinajstić information content (AvgIpc) is 3.29. The molecular weight excluding hydrogens is 793 g/mol. The van der Waals surface area contributed by atoms with Gasteiger partial charge in [0.15, 0.2) is 6.10 Å². The minimum absolute atomic E-state index is 0.144. The highest BCUT2D eigenvalue weighted by Crippen LogP contribution is 2.09. The van der Waals surface area contributed by atoms with Gasteiger partial charge in [-0.2, -0.15) is 0 Å². The molecule has 0 rings (SSSR count). The van der Waals surface area contributed by atoms with Crippen molar-refractivity contribution in [1.29, 1.82) is 0 Å². The van der Waals surface area contributed by atoms with Crippen LogP contribution in [0, 0.1) is 0 Å². The van der Waals surface area contributed by atoms with Gasteiger partial charge in [0.05, 0.1) is 0 Å². The molecule has 6 heteroatoms. The maximum Gasteiger partial charge on any atom is 0.306 e. The summed E-state index contributed by atoms with van der Waals surface area (Å²) in [6.45, 7) is 6.21. The Morgan fingerprint density at radius 1 is 0.328 bits per heavy atom. The zero-order chi connectivity index (χ0) is 46.5. The molecule has 0 aliphatic rings. The van der Waals surface area contributed by atoms with Crippen molar-refractivity contribution in [1.82, 2.24) is 0 Å². The summed E-state index contributed by atoms with van der Waals surface area (Å²) in [5, 5.41) is 0. The van der Waals surface area contributed by atoms with E-state index < -0.39 is 12.1 Å². The van der Waals surface area contributed by atoms with E-state index in [2.05, 4.69) is 167 Å². The van der Waals surface area contributed by atoms with Crippen molar-refractivity contribution < 1.29 is 28.6 Å². The fourth-order valence-corrected chi connectivity index (χ4v) is 5.89. The number of unbranched alkanes of at least 4 members (excludes halogenated alkanes) is 7. The maximum absolute atomic E-state index is 12.8. The summed E-state index contributed by atoms with van der Waals surface area (Å²) >= 11 is 0. The number of hydrogen-bond donors (Lipinski definition) is 0. The lowest BCUT2D eigenvalue weighted by Gasteiger charge is -2.18. The molecule has 0 spiro atoms. The van der Waals surface area contributed by atoms with Crippen LogP contribution in [0.3, 0.4) is 0 Å². The Morgan fingerprint density at radius 2 is 0.609 bits per heavy atom. The number of esters is 3. The third-order valence-electron chi connectivity index (χ3n) is 9.56. The van der Waals surface area contributed by atoms with Crippen LogP contribution < -0.4 is 0 Å². The molecule has 0 aliphatic carbocycles. The lowest BCUT2D eigenvalue weighted by molar-refractivity contribution is -0.167. The standard InChI is InChI=1S/C58H88O6/c1-4-7-10-13-16-19-22-25-27-29-31-33-36-39-42-45-48-51-57(60)63-54-55(53-62-56(59)50-47-44-41-38-35-24-21-18-15-12-9-6-3)64-58(61)52-49-46-43-40-37-34-32-30-28-26-23-20-17-14-11-8-5-2/h7,9-10,12,16-21,25-28,31-35,38-40,42-43,55H,4-6,8,11,13-15,22-24,29-30,36-37,41,44-54H2,1-3H3/b10-7-,12-9-,19-16-,20-17-,21-18-,27-25-,28-26-,33-31-,34-32-,38-35-,42-39-,43-40-. The highest BCUT2D eigenvalue weighted by atomic mass is 16.6. The van der Waals surface area contributed by atoms with Gasteiger partial charge in [-0.3, -0.25) is 14.4 Å². The summed E-state index contributed by atoms with van der Waals surface area (Å²) in [7, 11) is 0. The van der Waals surface area contributed by atoms with Gasteiger partial charge >= 0.3 is 17.9 Å². The van der Waals surface area contributed by atoms with E-state index in [-0.39, 0.29) is 44.4 Å². The summed E-state index contributed by atoms with van der Waals surface area (Å²) in [5.41, 5.74) is 0. The molecule has 0 aliphatic heterocycles. The number of allylic oxidation sites excluding steroid dienone is 24. The van der Waals surface area contributed by atoms with Crippen molar-refractivity contribution in [3.05, 3.63) is 146 Å². The molecule has 0 aromatic heterocycles. The van der Waals surface area contributed by atoms with Crippen LogP contribution in [0.25, 0.3) is 0 Å². The van der Waals surface area contributed by atoms with Gasteiger partial charge in [0.25, 0.3) is 0 Å². The third kappa shape index (κ3) is 48.3. The van der Waals surface area contributed by atoms with E-state index in [9.17, 15) is 14.4 Å². The molecule has 0 amide bonds. The molecule has 0 aromatic carbocycles. The second-order valence-electron chi connectivity index (χ2n) is 15.6. The Morgan fingerprint density at radius 3 is 0.953 bits per heavy atom. The SMILES string of the molecule is CC/C=C\C/C=C\C/C=C\C/C=C\C/C=C\CCCC(=O)OCC(COC(=O)CCCC/C=C\C/C=C\C/C=C\CC)OC(=O)CCC/C=C\C/C=C\C/C=C\C/C=C\CCCCC. The molecule has 1 atom stereocenters. The minimum Gasteiger partial charge on any atom is -0.462 e. The second kappa shape index (κ2) is 50.9. The molecule has 1 unspecified atom stereocenters. The zero-order valence-corrected chi connectivity index (χ0v) is 40.5. The number of hydrogen-bond acceptors (Lipinski definition) is 6. The highest BCUT2D eigenvalue weighted by Gasteiger charge is 2.19. The van der Waals surface area contributed by atoms with Crippen molar-refractivity contribution in [2.45, 2.75) is 187 Å². The Hall–Kier alpha value is -4.71. The molecule has 0 bridgehead atoms. The normalized spacial score (nSPS) is 13.4. The lowest BCUT2D eigenvalue weighted by Crippen LogP contribution is -2.30. The predicted molar refractivity (Wildman–Crippen MR) is 274 cm³/mol. The second-order valence-corrected chi connectivity index (χ2v) is 15.6. The molecule has 64 heavy (non-hydrogen) atoms. The lowest BCUT2D eigenvalue weighted by atomic mass is 10.2. The van der Waals surface area contributed by atoms with Crippen molar-refractivity contribution >= 4 is 17.9 Å². The molecule has 0 N–H and O–H groups in total.